The zero-order valence-electron chi connectivity index (χ0n) is 6.91. The molecule has 14 heavy (non-hydrogen) atoms. The molecule has 0 bridgehead atoms. The molecule has 1 nitrogen and oxygen atoms in total. The van der Waals surface area contributed by atoms with Gasteiger partial charge < -0.3 is 0 Å². The van der Waals surface area contributed by atoms with Crippen molar-refractivity contribution in [1.29, 1.82) is 0 Å². The normalized spacial score (nSPS) is 10.4. The minimum atomic E-state index is -0.230. The van der Waals surface area contributed by atoms with Crippen molar-refractivity contribution >= 4 is 34.7 Å². The summed E-state index contributed by atoms with van der Waals surface area (Å²) in [4.78, 5) is 5.04. The third kappa shape index (κ3) is 2.47. The highest BCUT2D eigenvalue weighted by molar-refractivity contribution is 8.01. The van der Waals surface area contributed by atoms with Crippen molar-refractivity contribution in [3.05, 3.63) is 40.6 Å². The highest BCUT2D eigenvalue weighted by Gasteiger charge is 2.02. The second-order valence-electron chi connectivity index (χ2n) is 2.49. The van der Waals surface area contributed by atoms with Gasteiger partial charge in [-0.05, 0) is 24.3 Å². The lowest BCUT2D eigenvalue weighted by molar-refractivity contribution is 0.626. The molecule has 2 aromatic rings. The van der Waals surface area contributed by atoms with Gasteiger partial charge in [-0.1, -0.05) is 23.4 Å². The van der Waals surface area contributed by atoms with E-state index in [1.54, 1.807) is 17.5 Å². The van der Waals surface area contributed by atoms with E-state index < -0.39 is 0 Å². The zero-order valence-corrected chi connectivity index (χ0v) is 9.30. The number of aromatic nitrogens is 1. The minimum Gasteiger partial charge on any atom is -0.218 e. The largest absolute Gasteiger partial charge is 0.218 e. The van der Waals surface area contributed by atoms with Crippen molar-refractivity contribution in [3.8, 4) is 0 Å². The van der Waals surface area contributed by atoms with Crippen LogP contribution in [0, 0.1) is 5.82 Å². The monoisotopic (exact) mass is 245 g/mol. The van der Waals surface area contributed by atoms with Gasteiger partial charge in [0, 0.05) is 10.3 Å². The van der Waals surface area contributed by atoms with Crippen LogP contribution in [0.3, 0.4) is 0 Å². The number of thiazole rings is 1. The van der Waals surface area contributed by atoms with Crippen molar-refractivity contribution in [2.75, 3.05) is 0 Å². The lowest BCUT2D eigenvalue weighted by atomic mass is 10.4. The van der Waals surface area contributed by atoms with Crippen LogP contribution in [-0.2, 0) is 0 Å². The zero-order chi connectivity index (χ0) is 9.97. The van der Waals surface area contributed by atoms with Gasteiger partial charge in [0.25, 0.3) is 0 Å². The van der Waals surface area contributed by atoms with Crippen LogP contribution in [0.1, 0.15) is 0 Å². The predicted molar refractivity (Wildman–Crippen MR) is 57.6 cm³/mol. The fourth-order valence-corrected chi connectivity index (χ4v) is 2.85. The molecule has 0 aliphatic carbocycles. The fourth-order valence-electron chi connectivity index (χ4n) is 0.889. The first-order valence-corrected chi connectivity index (χ1v) is 5.86. The Morgan fingerprint density at radius 3 is 2.57 bits per heavy atom. The van der Waals surface area contributed by atoms with Crippen LogP contribution in [0.25, 0.3) is 0 Å². The Bertz CT molecular complexity index is 427. The first-order chi connectivity index (χ1) is 6.74. The molecule has 0 unspecified atom stereocenters. The maximum atomic E-state index is 12.6. The Kier molecular flexibility index (Phi) is 3.05. The average molecular weight is 246 g/mol. The van der Waals surface area contributed by atoms with Gasteiger partial charge in [0.15, 0.2) is 4.34 Å². The molecule has 1 aromatic heterocycles. The number of nitrogens with zero attached hydrogens (tertiary/aromatic N) is 1. The molecule has 0 radical (unpaired) electrons. The third-order valence-corrected chi connectivity index (χ3v) is 3.74. The molecule has 0 fully saturated rings. The molecule has 2 rings (SSSR count). The summed E-state index contributed by atoms with van der Waals surface area (Å²) < 4.78 is 13.4. The molecule has 0 spiro atoms. The summed E-state index contributed by atoms with van der Waals surface area (Å²) in [5, 5.41) is 2.27. The number of hydrogen-bond acceptors (Lipinski definition) is 3. The number of benzene rings is 1. The maximum Gasteiger partial charge on any atom is 0.156 e. The highest BCUT2D eigenvalue weighted by Crippen LogP contribution is 2.31. The van der Waals surface area contributed by atoms with E-state index >= 15 is 0 Å². The first-order valence-electron chi connectivity index (χ1n) is 3.78. The molecule has 0 aliphatic rings. The van der Waals surface area contributed by atoms with Gasteiger partial charge in [0.1, 0.15) is 11.0 Å². The van der Waals surface area contributed by atoms with E-state index in [-0.39, 0.29) is 5.82 Å². The first kappa shape index (κ1) is 9.96. The van der Waals surface area contributed by atoms with Crippen LogP contribution in [0.4, 0.5) is 4.39 Å². The molecule has 72 valence electrons. The lowest BCUT2D eigenvalue weighted by Crippen LogP contribution is -1.74. The summed E-state index contributed by atoms with van der Waals surface area (Å²) in [5.41, 5.74) is 0. The van der Waals surface area contributed by atoms with Crippen LogP contribution in [0.5, 0.6) is 0 Å². The summed E-state index contributed by atoms with van der Waals surface area (Å²) in [6.07, 6.45) is 0. The number of hydrogen-bond donors (Lipinski definition) is 0. The van der Waals surface area contributed by atoms with Crippen LogP contribution in [0.2, 0.25) is 5.15 Å². The average Bonchev–Trinajstić information content (AvgIpc) is 2.56. The Balaban J connectivity index is 2.15. The topological polar surface area (TPSA) is 12.9 Å². The van der Waals surface area contributed by atoms with Crippen molar-refractivity contribution < 1.29 is 4.39 Å². The van der Waals surface area contributed by atoms with Gasteiger partial charge in [-0.25, -0.2) is 9.37 Å². The summed E-state index contributed by atoms with van der Waals surface area (Å²) in [6.45, 7) is 0. The highest BCUT2D eigenvalue weighted by atomic mass is 35.5. The molecule has 0 amide bonds. The molecule has 0 aliphatic heterocycles. The molecule has 1 heterocycles. The molecular formula is C9H5ClFNS2. The van der Waals surface area contributed by atoms with Crippen LogP contribution in [-0.4, -0.2) is 4.98 Å². The van der Waals surface area contributed by atoms with E-state index in [1.165, 1.54) is 35.2 Å². The van der Waals surface area contributed by atoms with Gasteiger partial charge >= 0.3 is 0 Å². The molecule has 0 saturated carbocycles. The van der Waals surface area contributed by atoms with Gasteiger partial charge in [0.05, 0.1) is 0 Å². The molecule has 0 saturated heterocycles. The van der Waals surface area contributed by atoms with Gasteiger partial charge in [-0.2, -0.15) is 0 Å². The fraction of sp³-hybridized carbons (Fsp3) is 0. The third-order valence-electron chi connectivity index (χ3n) is 1.47. The van der Waals surface area contributed by atoms with E-state index in [2.05, 4.69) is 4.98 Å². The Hall–Kier alpha value is -0.580. The summed E-state index contributed by atoms with van der Waals surface area (Å²) in [6, 6.07) is 6.29. The molecule has 0 N–H and O–H groups in total. The van der Waals surface area contributed by atoms with Crippen molar-refractivity contribution in [3.63, 3.8) is 0 Å². The quantitative estimate of drug-likeness (QED) is 0.791. The molecular weight excluding hydrogens is 241 g/mol. The number of rotatable bonds is 2. The standard InChI is InChI=1S/C9H5ClFNS2/c10-8-5-13-9(12-8)14-7-3-1-6(11)2-4-7/h1-5H. The Morgan fingerprint density at radius 2 is 2.00 bits per heavy atom. The summed E-state index contributed by atoms with van der Waals surface area (Å²) in [5.74, 6) is -0.230. The van der Waals surface area contributed by atoms with E-state index in [9.17, 15) is 4.39 Å². The van der Waals surface area contributed by atoms with Crippen LogP contribution in [0.15, 0.2) is 38.9 Å². The molecule has 5 heteroatoms. The molecule has 0 atom stereocenters. The van der Waals surface area contributed by atoms with E-state index in [4.69, 9.17) is 11.6 Å². The van der Waals surface area contributed by atoms with Gasteiger partial charge in [0.2, 0.25) is 0 Å². The van der Waals surface area contributed by atoms with Gasteiger partial charge in [-0.15, -0.1) is 11.3 Å². The lowest BCUT2D eigenvalue weighted by Gasteiger charge is -1.95. The van der Waals surface area contributed by atoms with Crippen molar-refractivity contribution in [1.82, 2.24) is 4.98 Å². The maximum absolute atomic E-state index is 12.6. The molecule has 1 aromatic carbocycles. The predicted octanol–water partition coefficient (Wildman–Crippen LogP) is 4.09. The summed E-state index contributed by atoms with van der Waals surface area (Å²) >= 11 is 8.63. The Labute approximate surface area is 93.9 Å². The van der Waals surface area contributed by atoms with Crippen molar-refractivity contribution in [2.24, 2.45) is 0 Å². The van der Waals surface area contributed by atoms with Crippen LogP contribution >= 0.6 is 34.7 Å². The smallest absolute Gasteiger partial charge is 0.156 e. The summed E-state index contributed by atoms with van der Waals surface area (Å²) in [7, 11) is 0. The number of halogens is 2. The second-order valence-corrected chi connectivity index (χ2v) is 5.06. The van der Waals surface area contributed by atoms with Gasteiger partial charge in [-0.3, -0.25) is 0 Å². The minimum absolute atomic E-state index is 0.230. The van der Waals surface area contributed by atoms with E-state index in [0.717, 1.165) is 9.24 Å². The van der Waals surface area contributed by atoms with Crippen LogP contribution < -0.4 is 0 Å². The second kappa shape index (κ2) is 4.29. The SMILES string of the molecule is Fc1ccc(Sc2nc(Cl)cs2)cc1. The van der Waals surface area contributed by atoms with Crippen molar-refractivity contribution in [2.45, 2.75) is 9.24 Å². The van der Waals surface area contributed by atoms with E-state index in [1.807, 2.05) is 0 Å². The van der Waals surface area contributed by atoms with E-state index in [0.29, 0.717) is 5.15 Å². The Morgan fingerprint density at radius 1 is 1.29 bits per heavy atom.